The van der Waals surface area contributed by atoms with Gasteiger partial charge in [-0.15, -0.1) is 0 Å². The van der Waals surface area contributed by atoms with E-state index in [9.17, 15) is 14.7 Å². The van der Waals surface area contributed by atoms with Crippen molar-refractivity contribution < 1.29 is 24.2 Å². The van der Waals surface area contributed by atoms with Crippen molar-refractivity contribution in [3.8, 4) is 5.88 Å². The average Bonchev–Trinajstić information content (AvgIpc) is 2.52. The van der Waals surface area contributed by atoms with Gasteiger partial charge in [0, 0.05) is 11.9 Å². The van der Waals surface area contributed by atoms with Crippen LogP contribution in [0.5, 0.6) is 5.88 Å². The van der Waals surface area contributed by atoms with E-state index >= 15 is 0 Å². The summed E-state index contributed by atoms with van der Waals surface area (Å²) in [4.78, 5) is 27.2. The molecule has 7 nitrogen and oxygen atoms in total. The van der Waals surface area contributed by atoms with E-state index < -0.39 is 17.7 Å². The lowest BCUT2D eigenvalue weighted by Gasteiger charge is -2.19. The highest BCUT2D eigenvalue weighted by Gasteiger charge is 2.16. The lowest BCUT2D eigenvalue weighted by molar-refractivity contribution is 0.0525. The number of alkyl carbamates (subject to hydrolysis) is 1. The van der Waals surface area contributed by atoms with Crippen molar-refractivity contribution in [3.05, 3.63) is 35.9 Å². The Morgan fingerprint density at radius 1 is 1.24 bits per heavy atom. The number of fused-ring (bicyclic) bond motifs is 1. The third kappa shape index (κ3) is 5.63. The van der Waals surface area contributed by atoms with E-state index in [1.807, 2.05) is 12.1 Å². The van der Waals surface area contributed by atoms with Crippen LogP contribution in [0.1, 0.15) is 37.6 Å². The number of pyridine rings is 1. The maximum atomic E-state index is 11.5. The minimum Gasteiger partial charge on any atom is -0.477 e. The van der Waals surface area contributed by atoms with Gasteiger partial charge in [-0.3, -0.25) is 0 Å². The molecule has 134 valence electrons. The van der Waals surface area contributed by atoms with E-state index in [4.69, 9.17) is 9.47 Å². The molecule has 0 bridgehead atoms. The van der Waals surface area contributed by atoms with Crippen LogP contribution in [-0.2, 0) is 4.74 Å². The Hall–Kier alpha value is -2.83. The van der Waals surface area contributed by atoms with E-state index in [0.29, 0.717) is 18.5 Å². The number of benzene rings is 1. The number of ether oxygens (including phenoxy) is 2. The molecule has 2 N–H and O–H groups in total. The zero-order chi connectivity index (χ0) is 18.4. The Labute approximate surface area is 146 Å². The van der Waals surface area contributed by atoms with Crippen LogP contribution in [0.25, 0.3) is 10.9 Å². The molecule has 1 amide bonds. The number of rotatable bonds is 6. The third-order valence-electron chi connectivity index (χ3n) is 3.15. The Morgan fingerprint density at radius 2 is 1.96 bits per heavy atom. The van der Waals surface area contributed by atoms with Gasteiger partial charge in [0.05, 0.1) is 12.1 Å². The van der Waals surface area contributed by atoms with Crippen molar-refractivity contribution in [3.63, 3.8) is 0 Å². The molecule has 25 heavy (non-hydrogen) atoms. The molecule has 0 aliphatic carbocycles. The van der Waals surface area contributed by atoms with E-state index in [2.05, 4.69) is 10.3 Å². The summed E-state index contributed by atoms with van der Waals surface area (Å²) in [6.45, 7) is 5.93. The fraction of sp³-hybridized carbons (Fsp3) is 0.389. The van der Waals surface area contributed by atoms with Gasteiger partial charge in [0.2, 0.25) is 5.88 Å². The van der Waals surface area contributed by atoms with Gasteiger partial charge in [0.1, 0.15) is 11.2 Å². The topological polar surface area (TPSA) is 97.8 Å². The van der Waals surface area contributed by atoms with Crippen LogP contribution in [0.4, 0.5) is 4.79 Å². The second kappa shape index (κ2) is 7.83. The summed E-state index contributed by atoms with van der Waals surface area (Å²) >= 11 is 0. The summed E-state index contributed by atoms with van der Waals surface area (Å²) in [6.07, 6.45) is -0.00477. The Kier molecular flexibility index (Phi) is 5.80. The molecule has 0 saturated carbocycles. The predicted molar refractivity (Wildman–Crippen MR) is 93.1 cm³/mol. The van der Waals surface area contributed by atoms with Gasteiger partial charge < -0.3 is 19.9 Å². The highest BCUT2D eigenvalue weighted by atomic mass is 16.6. The lowest BCUT2D eigenvalue weighted by Crippen LogP contribution is -2.33. The molecule has 7 heteroatoms. The van der Waals surface area contributed by atoms with Gasteiger partial charge in [-0.2, -0.15) is 0 Å². The van der Waals surface area contributed by atoms with Gasteiger partial charge >= 0.3 is 12.1 Å². The molecule has 0 radical (unpaired) electrons. The molecule has 1 aromatic carbocycles. The number of carboxylic acids is 1. The second-order valence-electron chi connectivity index (χ2n) is 6.47. The molecule has 2 aromatic rings. The van der Waals surface area contributed by atoms with Gasteiger partial charge in [-0.25, -0.2) is 14.6 Å². The fourth-order valence-corrected chi connectivity index (χ4v) is 2.11. The van der Waals surface area contributed by atoms with Crippen molar-refractivity contribution in [2.75, 3.05) is 13.2 Å². The minimum absolute atomic E-state index is 0.0128. The summed E-state index contributed by atoms with van der Waals surface area (Å²) in [5.74, 6) is -1.02. The SMILES string of the molecule is CC(C)(C)OC(=O)NCCCOc1nc2ccccc2cc1C(=O)O. The molecule has 0 atom stereocenters. The summed E-state index contributed by atoms with van der Waals surface area (Å²) in [6, 6.07) is 8.77. The Bertz CT molecular complexity index is 768. The van der Waals surface area contributed by atoms with Crippen LogP contribution in [0, 0.1) is 0 Å². The zero-order valence-electron chi connectivity index (χ0n) is 14.5. The monoisotopic (exact) mass is 346 g/mol. The number of nitrogens with one attached hydrogen (secondary N) is 1. The summed E-state index contributed by atoms with van der Waals surface area (Å²) in [7, 11) is 0. The van der Waals surface area contributed by atoms with Crippen molar-refractivity contribution in [2.45, 2.75) is 32.8 Å². The molecule has 1 heterocycles. The van der Waals surface area contributed by atoms with Crippen LogP contribution >= 0.6 is 0 Å². The molecule has 0 aliphatic heterocycles. The van der Waals surface area contributed by atoms with Crippen LogP contribution in [0.3, 0.4) is 0 Å². The third-order valence-corrected chi connectivity index (χ3v) is 3.15. The average molecular weight is 346 g/mol. The first-order chi connectivity index (χ1) is 11.8. The quantitative estimate of drug-likeness (QED) is 0.779. The fourth-order valence-electron chi connectivity index (χ4n) is 2.11. The number of para-hydroxylation sites is 1. The van der Waals surface area contributed by atoms with Crippen LogP contribution < -0.4 is 10.1 Å². The van der Waals surface area contributed by atoms with E-state index in [-0.39, 0.29) is 18.1 Å². The number of carboxylic acid groups (broad SMARTS) is 1. The molecular formula is C18H22N2O5. The molecule has 2 rings (SSSR count). The minimum atomic E-state index is -1.10. The number of aromatic nitrogens is 1. The second-order valence-corrected chi connectivity index (χ2v) is 6.47. The van der Waals surface area contributed by atoms with E-state index in [0.717, 1.165) is 5.39 Å². The van der Waals surface area contributed by atoms with Crippen molar-refractivity contribution >= 4 is 23.0 Å². The number of aromatic carboxylic acids is 1. The molecule has 0 fully saturated rings. The van der Waals surface area contributed by atoms with Gasteiger partial charge in [0.25, 0.3) is 0 Å². The molecule has 0 aliphatic rings. The first-order valence-corrected chi connectivity index (χ1v) is 7.99. The zero-order valence-corrected chi connectivity index (χ0v) is 14.5. The first kappa shape index (κ1) is 18.5. The Morgan fingerprint density at radius 3 is 2.64 bits per heavy atom. The first-order valence-electron chi connectivity index (χ1n) is 7.99. The Balaban J connectivity index is 1.91. The molecule has 0 spiro atoms. The number of amides is 1. The predicted octanol–water partition coefficient (Wildman–Crippen LogP) is 3.23. The number of hydrogen-bond donors (Lipinski definition) is 2. The maximum Gasteiger partial charge on any atom is 0.407 e. The summed E-state index contributed by atoms with van der Waals surface area (Å²) in [5, 5.41) is 12.7. The summed E-state index contributed by atoms with van der Waals surface area (Å²) < 4.78 is 10.6. The van der Waals surface area contributed by atoms with Crippen molar-refractivity contribution in [2.24, 2.45) is 0 Å². The summed E-state index contributed by atoms with van der Waals surface area (Å²) in [5.41, 5.74) is 0.125. The van der Waals surface area contributed by atoms with Crippen molar-refractivity contribution in [1.82, 2.24) is 10.3 Å². The van der Waals surface area contributed by atoms with E-state index in [1.54, 1.807) is 39.0 Å². The van der Waals surface area contributed by atoms with Crippen molar-refractivity contribution in [1.29, 1.82) is 0 Å². The van der Waals surface area contributed by atoms with Crippen LogP contribution in [-0.4, -0.2) is 40.9 Å². The van der Waals surface area contributed by atoms with Crippen LogP contribution in [0.2, 0.25) is 0 Å². The lowest BCUT2D eigenvalue weighted by atomic mass is 10.1. The van der Waals surface area contributed by atoms with Gasteiger partial charge in [0.15, 0.2) is 0 Å². The van der Waals surface area contributed by atoms with E-state index in [1.165, 1.54) is 0 Å². The molecule has 1 aromatic heterocycles. The smallest absolute Gasteiger partial charge is 0.407 e. The molecular weight excluding hydrogens is 324 g/mol. The highest BCUT2D eigenvalue weighted by Crippen LogP contribution is 2.22. The van der Waals surface area contributed by atoms with Gasteiger partial charge in [-0.1, -0.05) is 18.2 Å². The number of carbonyl (C=O) groups excluding carboxylic acids is 1. The normalized spacial score (nSPS) is 11.2. The number of carbonyl (C=O) groups is 2. The standard InChI is InChI=1S/C18H22N2O5/c1-18(2,3)25-17(23)19-9-6-10-24-15-13(16(21)22)11-12-7-4-5-8-14(12)20-15/h4-5,7-8,11H,6,9-10H2,1-3H3,(H,19,23)(H,21,22). The van der Waals surface area contributed by atoms with Gasteiger partial charge in [-0.05, 0) is 39.3 Å². The van der Waals surface area contributed by atoms with Crippen LogP contribution in [0.15, 0.2) is 30.3 Å². The maximum absolute atomic E-state index is 11.5. The number of nitrogens with zero attached hydrogens (tertiary/aromatic N) is 1. The largest absolute Gasteiger partial charge is 0.477 e. The molecule has 0 unspecified atom stereocenters. The highest BCUT2D eigenvalue weighted by molar-refractivity contribution is 5.95. The molecule has 0 saturated heterocycles. The number of hydrogen-bond acceptors (Lipinski definition) is 5.